The molecule has 0 aliphatic heterocycles. The predicted molar refractivity (Wildman–Crippen MR) is 72.4 cm³/mol. The lowest BCUT2D eigenvalue weighted by Gasteiger charge is -2.50. The molecule has 1 aliphatic rings. The smallest absolute Gasteiger partial charge is 0.202 e. The van der Waals surface area contributed by atoms with Crippen LogP contribution in [0.4, 0.5) is 8.78 Å². The molecule has 1 fully saturated rings. The van der Waals surface area contributed by atoms with Crippen molar-refractivity contribution in [1.29, 1.82) is 0 Å². The van der Waals surface area contributed by atoms with Crippen molar-refractivity contribution < 1.29 is 8.78 Å². The Labute approximate surface area is 111 Å². The summed E-state index contributed by atoms with van der Waals surface area (Å²) in [6.45, 7) is 3.67. The minimum atomic E-state index is -2.77. The average molecular weight is 256 g/mol. The zero-order valence-electron chi connectivity index (χ0n) is 10.4. The number of allylic oxidation sites excluding steroid dienone is 1. The highest BCUT2D eigenvalue weighted by Crippen LogP contribution is 2.60. The van der Waals surface area contributed by atoms with Gasteiger partial charge in [-0.1, -0.05) is 67.2 Å². The Hall–Kier alpha value is -1.96. The van der Waals surface area contributed by atoms with Crippen LogP contribution in [0.2, 0.25) is 0 Å². The number of halogens is 2. The Bertz CT molecular complexity index is 560. The van der Waals surface area contributed by atoms with Gasteiger partial charge in [-0.15, -0.1) is 0 Å². The highest BCUT2D eigenvalue weighted by atomic mass is 19.3. The highest BCUT2D eigenvalue weighted by Gasteiger charge is 2.61. The summed E-state index contributed by atoms with van der Waals surface area (Å²) in [5, 5.41) is 0. The van der Waals surface area contributed by atoms with Gasteiger partial charge in [0, 0.05) is 12.0 Å². The topological polar surface area (TPSA) is 0 Å². The first kappa shape index (κ1) is 12.1. The van der Waals surface area contributed by atoms with Crippen LogP contribution in [0, 0.1) is 0 Å². The maximum atomic E-state index is 13.7. The summed E-state index contributed by atoms with van der Waals surface area (Å²) in [7, 11) is 0. The van der Waals surface area contributed by atoms with E-state index in [0.29, 0.717) is 0 Å². The molecule has 0 spiro atoms. The Kier molecular flexibility index (Phi) is 2.56. The molecule has 0 N–H and O–H groups in total. The van der Waals surface area contributed by atoms with Crippen LogP contribution in [0.1, 0.15) is 17.5 Å². The van der Waals surface area contributed by atoms with Gasteiger partial charge in [0.15, 0.2) is 0 Å². The molecule has 0 bridgehead atoms. The molecule has 1 saturated carbocycles. The second kappa shape index (κ2) is 4.02. The molecule has 0 atom stereocenters. The molecule has 2 heteroatoms. The van der Waals surface area contributed by atoms with Gasteiger partial charge in [-0.05, 0) is 11.1 Å². The summed E-state index contributed by atoms with van der Waals surface area (Å²) in [5.74, 6) is -2.77. The van der Waals surface area contributed by atoms with Crippen molar-refractivity contribution in [3.63, 3.8) is 0 Å². The molecule has 3 rings (SSSR count). The molecule has 0 radical (unpaired) electrons. The van der Waals surface area contributed by atoms with E-state index in [0.717, 1.165) is 11.1 Å². The van der Waals surface area contributed by atoms with Crippen LogP contribution in [0.5, 0.6) is 0 Å². The van der Waals surface area contributed by atoms with Gasteiger partial charge in [-0.25, -0.2) is 8.78 Å². The molecule has 2 aromatic rings. The minimum absolute atomic E-state index is 0.00241. The van der Waals surface area contributed by atoms with Crippen molar-refractivity contribution in [2.45, 2.75) is 17.8 Å². The predicted octanol–water partition coefficient (Wildman–Crippen LogP) is 4.57. The normalized spacial score (nSPS) is 19.8. The third-order valence-corrected chi connectivity index (χ3v) is 3.98. The molecule has 0 unspecified atom stereocenters. The zero-order chi connectivity index (χ0) is 13.5. The van der Waals surface area contributed by atoms with E-state index in [2.05, 4.69) is 6.58 Å². The van der Waals surface area contributed by atoms with E-state index in [9.17, 15) is 8.78 Å². The van der Waals surface area contributed by atoms with E-state index in [1.54, 1.807) is 0 Å². The number of hydrogen-bond donors (Lipinski definition) is 0. The van der Waals surface area contributed by atoms with Crippen LogP contribution in [-0.4, -0.2) is 5.92 Å². The summed E-state index contributed by atoms with van der Waals surface area (Å²) in [4.78, 5) is 0. The monoisotopic (exact) mass is 256 g/mol. The second-order valence-corrected chi connectivity index (χ2v) is 5.00. The molecule has 2 aromatic carbocycles. The SMILES string of the molecule is C=C1C(F)(F)CC1(c1ccccc1)c1ccccc1. The van der Waals surface area contributed by atoms with E-state index < -0.39 is 11.3 Å². The fourth-order valence-corrected chi connectivity index (χ4v) is 2.92. The zero-order valence-corrected chi connectivity index (χ0v) is 10.4. The third-order valence-electron chi connectivity index (χ3n) is 3.98. The minimum Gasteiger partial charge on any atom is -0.202 e. The lowest BCUT2D eigenvalue weighted by atomic mass is 9.55. The first-order valence-electron chi connectivity index (χ1n) is 6.26. The quantitative estimate of drug-likeness (QED) is 0.690. The lowest BCUT2D eigenvalue weighted by Crippen LogP contribution is -2.52. The third kappa shape index (κ3) is 1.63. The van der Waals surface area contributed by atoms with Crippen molar-refractivity contribution in [3.05, 3.63) is 83.9 Å². The van der Waals surface area contributed by atoms with E-state index in [4.69, 9.17) is 0 Å². The van der Waals surface area contributed by atoms with Gasteiger partial charge < -0.3 is 0 Å². The van der Waals surface area contributed by atoms with Crippen LogP contribution in [-0.2, 0) is 5.41 Å². The van der Waals surface area contributed by atoms with Gasteiger partial charge in [0.2, 0.25) is 0 Å². The summed E-state index contributed by atoms with van der Waals surface area (Å²) < 4.78 is 27.4. The van der Waals surface area contributed by atoms with Crippen molar-refractivity contribution in [2.75, 3.05) is 0 Å². The van der Waals surface area contributed by atoms with Gasteiger partial charge in [-0.2, -0.15) is 0 Å². The number of benzene rings is 2. The molecular formula is C17H14F2. The first-order valence-corrected chi connectivity index (χ1v) is 6.26. The van der Waals surface area contributed by atoms with Gasteiger partial charge in [0.25, 0.3) is 5.92 Å². The molecule has 0 heterocycles. The van der Waals surface area contributed by atoms with Gasteiger partial charge in [0.1, 0.15) is 0 Å². The van der Waals surface area contributed by atoms with Gasteiger partial charge >= 0.3 is 0 Å². The molecule has 0 nitrogen and oxygen atoms in total. The van der Waals surface area contributed by atoms with E-state index in [1.807, 2.05) is 60.7 Å². The Balaban J connectivity index is 2.17. The fraction of sp³-hybridized carbons (Fsp3) is 0.176. The number of hydrogen-bond acceptors (Lipinski definition) is 0. The summed E-state index contributed by atoms with van der Waals surface area (Å²) >= 11 is 0. The number of alkyl halides is 2. The number of rotatable bonds is 2. The largest absolute Gasteiger partial charge is 0.271 e. The van der Waals surface area contributed by atoms with E-state index >= 15 is 0 Å². The summed E-state index contributed by atoms with van der Waals surface area (Å²) in [6.07, 6.45) is -0.202. The second-order valence-electron chi connectivity index (χ2n) is 5.00. The molecule has 0 aromatic heterocycles. The highest BCUT2D eigenvalue weighted by molar-refractivity contribution is 5.56. The molecule has 1 aliphatic carbocycles. The van der Waals surface area contributed by atoms with E-state index in [1.165, 1.54) is 0 Å². The van der Waals surface area contributed by atoms with Crippen molar-refractivity contribution in [1.82, 2.24) is 0 Å². The van der Waals surface area contributed by atoms with Crippen molar-refractivity contribution in [2.24, 2.45) is 0 Å². The Morgan fingerprint density at radius 1 is 0.789 bits per heavy atom. The van der Waals surface area contributed by atoms with Crippen molar-refractivity contribution in [3.8, 4) is 0 Å². The molecule has 0 amide bonds. The molecular weight excluding hydrogens is 242 g/mol. The molecule has 96 valence electrons. The van der Waals surface area contributed by atoms with Gasteiger partial charge in [-0.3, -0.25) is 0 Å². The lowest BCUT2D eigenvalue weighted by molar-refractivity contribution is -0.0449. The maximum absolute atomic E-state index is 13.7. The maximum Gasteiger partial charge on any atom is 0.271 e. The summed E-state index contributed by atoms with van der Waals surface area (Å²) in [5.41, 5.74) is 1.03. The molecule has 0 saturated heterocycles. The van der Waals surface area contributed by atoms with Crippen LogP contribution in [0.25, 0.3) is 0 Å². The Morgan fingerprint density at radius 3 is 1.53 bits per heavy atom. The van der Waals surface area contributed by atoms with Crippen LogP contribution >= 0.6 is 0 Å². The summed E-state index contributed by atoms with van der Waals surface area (Å²) in [6, 6.07) is 18.9. The van der Waals surface area contributed by atoms with Crippen molar-refractivity contribution >= 4 is 0 Å². The fourth-order valence-electron chi connectivity index (χ4n) is 2.92. The van der Waals surface area contributed by atoms with Crippen LogP contribution in [0.3, 0.4) is 0 Å². The van der Waals surface area contributed by atoms with Crippen LogP contribution in [0.15, 0.2) is 72.8 Å². The average Bonchev–Trinajstić information content (AvgIpc) is 2.46. The standard InChI is InChI=1S/C17H14F2/c1-13-16(12-17(13,18)19,14-8-4-2-5-9-14)15-10-6-3-7-11-15/h2-11H,1,12H2. The molecule has 19 heavy (non-hydrogen) atoms. The van der Waals surface area contributed by atoms with Gasteiger partial charge in [0.05, 0.1) is 5.41 Å². The first-order chi connectivity index (χ1) is 9.07. The Morgan fingerprint density at radius 2 is 1.21 bits per heavy atom. The van der Waals surface area contributed by atoms with E-state index in [-0.39, 0.29) is 12.0 Å². The van der Waals surface area contributed by atoms with Crippen LogP contribution < -0.4 is 0 Å².